The highest BCUT2D eigenvalue weighted by Crippen LogP contribution is 2.33. The fraction of sp³-hybridized carbons (Fsp3) is 0.200. The molecular formula is C15H14FNO3. The number of para-hydroxylation sites is 1. The Hall–Kier alpha value is -2.43. The lowest BCUT2D eigenvalue weighted by molar-refractivity contribution is 0.171. The molecule has 0 bridgehead atoms. The summed E-state index contributed by atoms with van der Waals surface area (Å²) in [4.78, 5) is 0. The van der Waals surface area contributed by atoms with E-state index in [1.54, 1.807) is 12.1 Å². The zero-order valence-corrected chi connectivity index (χ0v) is 10.7. The molecule has 0 radical (unpaired) electrons. The summed E-state index contributed by atoms with van der Waals surface area (Å²) in [5, 5.41) is 12.7. The Kier molecular flexibility index (Phi) is 3.33. The summed E-state index contributed by atoms with van der Waals surface area (Å²) < 4.78 is 24.1. The van der Waals surface area contributed by atoms with E-state index < -0.39 is 5.82 Å². The first kappa shape index (κ1) is 12.6. The number of nitrogens with one attached hydrogen (secondary N) is 1. The topological polar surface area (TPSA) is 50.7 Å². The molecule has 3 rings (SSSR count). The fourth-order valence-corrected chi connectivity index (χ4v) is 2.05. The van der Waals surface area contributed by atoms with Crippen LogP contribution in [0.2, 0.25) is 0 Å². The molecule has 20 heavy (non-hydrogen) atoms. The van der Waals surface area contributed by atoms with E-state index in [4.69, 9.17) is 9.47 Å². The van der Waals surface area contributed by atoms with Gasteiger partial charge in [0.05, 0.1) is 0 Å². The van der Waals surface area contributed by atoms with Gasteiger partial charge in [-0.25, -0.2) is 4.39 Å². The van der Waals surface area contributed by atoms with Crippen LogP contribution in [0.5, 0.6) is 17.2 Å². The van der Waals surface area contributed by atoms with E-state index in [9.17, 15) is 9.50 Å². The molecule has 5 heteroatoms. The Morgan fingerprint density at radius 1 is 1.10 bits per heavy atom. The van der Waals surface area contributed by atoms with Crippen LogP contribution in [0.15, 0.2) is 36.4 Å². The van der Waals surface area contributed by atoms with E-state index >= 15 is 0 Å². The van der Waals surface area contributed by atoms with Gasteiger partial charge in [0.25, 0.3) is 0 Å². The molecule has 0 aliphatic carbocycles. The normalized spacial score (nSPS) is 13.1. The lowest BCUT2D eigenvalue weighted by Crippen LogP contribution is -2.15. The van der Waals surface area contributed by atoms with Gasteiger partial charge in [-0.1, -0.05) is 12.1 Å². The molecule has 1 aliphatic rings. The fourth-order valence-electron chi connectivity index (χ4n) is 2.05. The molecule has 0 fully saturated rings. The third kappa shape index (κ3) is 2.47. The lowest BCUT2D eigenvalue weighted by atomic mass is 10.2. The van der Waals surface area contributed by atoms with Crippen LogP contribution in [-0.2, 0) is 6.54 Å². The van der Waals surface area contributed by atoms with Gasteiger partial charge >= 0.3 is 0 Å². The number of benzene rings is 2. The van der Waals surface area contributed by atoms with Crippen LogP contribution in [0, 0.1) is 5.82 Å². The average Bonchev–Trinajstić information content (AvgIpc) is 2.48. The first-order chi connectivity index (χ1) is 9.74. The minimum atomic E-state index is -0.619. The van der Waals surface area contributed by atoms with Crippen LogP contribution in [0.1, 0.15) is 5.56 Å². The van der Waals surface area contributed by atoms with Crippen molar-refractivity contribution in [2.45, 2.75) is 6.54 Å². The maximum atomic E-state index is 13.2. The molecule has 0 saturated heterocycles. The summed E-state index contributed by atoms with van der Waals surface area (Å²) in [5.74, 6) is 0.462. The number of rotatable bonds is 3. The number of phenols is 1. The van der Waals surface area contributed by atoms with Crippen molar-refractivity contribution in [3.63, 3.8) is 0 Å². The monoisotopic (exact) mass is 275 g/mol. The molecule has 0 unspecified atom stereocenters. The van der Waals surface area contributed by atoms with Crippen molar-refractivity contribution in [1.82, 2.24) is 0 Å². The molecule has 2 aromatic rings. The van der Waals surface area contributed by atoms with Crippen LogP contribution in [-0.4, -0.2) is 18.3 Å². The van der Waals surface area contributed by atoms with Crippen molar-refractivity contribution in [1.29, 1.82) is 0 Å². The van der Waals surface area contributed by atoms with E-state index in [2.05, 4.69) is 5.32 Å². The van der Waals surface area contributed by atoms with E-state index in [0.29, 0.717) is 31.1 Å². The van der Waals surface area contributed by atoms with E-state index in [0.717, 1.165) is 11.4 Å². The van der Waals surface area contributed by atoms with Gasteiger partial charge in [0.2, 0.25) is 0 Å². The van der Waals surface area contributed by atoms with Crippen molar-refractivity contribution in [2.24, 2.45) is 0 Å². The molecular weight excluding hydrogens is 261 g/mol. The molecule has 0 atom stereocenters. The summed E-state index contributed by atoms with van der Waals surface area (Å²) in [7, 11) is 0. The number of halogens is 1. The van der Waals surface area contributed by atoms with Gasteiger partial charge in [0.1, 0.15) is 13.2 Å². The highest BCUT2D eigenvalue weighted by Gasteiger charge is 2.12. The maximum absolute atomic E-state index is 13.2. The largest absolute Gasteiger partial charge is 0.505 e. The summed E-state index contributed by atoms with van der Waals surface area (Å²) in [5.41, 5.74) is 1.32. The quantitative estimate of drug-likeness (QED) is 0.904. The minimum Gasteiger partial charge on any atom is -0.505 e. The number of aromatic hydroxyl groups is 1. The highest BCUT2D eigenvalue weighted by molar-refractivity contribution is 5.55. The van der Waals surface area contributed by atoms with Crippen LogP contribution in [0.3, 0.4) is 0 Å². The highest BCUT2D eigenvalue weighted by atomic mass is 19.1. The van der Waals surface area contributed by atoms with Crippen LogP contribution >= 0.6 is 0 Å². The minimum absolute atomic E-state index is 0.322. The number of anilines is 1. The van der Waals surface area contributed by atoms with E-state index in [1.165, 1.54) is 6.07 Å². The molecule has 1 aliphatic heterocycles. The number of phenolic OH excluding ortho intramolecular Hbond substituents is 1. The van der Waals surface area contributed by atoms with Gasteiger partial charge in [0.15, 0.2) is 23.1 Å². The first-order valence-corrected chi connectivity index (χ1v) is 6.34. The number of hydrogen-bond acceptors (Lipinski definition) is 4. The van der Waals surface area contributed by atoms with E-state index in [1.807, 2.05) is 18.2 Å². The Labute approximate surface area is 115 Å². The second-order valence-electron chi connectivity index (χ2n) is 4.46. The van der Waals surface area contributed by atoms with Gasteiger partial charge in [-0.05, 0) is 18.2 Å². The van der Waals surface area contributed by atoms with Crippen molar-refractivity contribution < 1.29 is 19.0 Å². The van der Waals surface area contributed by atoms with E-state index in [-0.39, 0.29) is 5.75 Å². The lowest BCUT2D eigenvalue weighted by Gasteiger charge is -2.19. The Balaban J connectivity index is 1.73. The second kappa shape index (κ2) is 5.28. The van der Waals surface area contributed by atoms with Crippen LogP contribution < -0.4 is 14.8 Å². The Bertz CT molecular complexity index is 631. The standard InChI is InChI=1S/C15H14FNO3/c16-12-3-1-2-10(15(12)18)9-17-11-4-5-13-14(8-11)20-7-6-19-13/h1-5,8,17-18H,6-7,9H2. The molecule has 0 saturated carbocycles. The molecule has 0 amide bonds. The third-order valence-corrected chi connectivity index (χ3v) is 3.10. The van der Waals surface area contributed by atoms with Gasteiger partial charge < -0.3 is 19.9 Å². The number of fused-ring (bicyclic) bond motifs is 1. The molecule has 2 N–H and O–H groups in total. The first-order valence-electron chi connectivity index (χ1n) is 6.34. The predicted molar refractivity (Wildman–Crippen MR) is 72.8 cm³/mol. The molecule has 0 aromatic heterocycles. The Morgan fingerprint density at radius 3 is 2.75 bits per heavy atom. The maximum Gasteiger partial charge on any atom is 0.165 e. The summed E-state index contributed by atoms with van der Waals surface area (Å²) >= 11 is 0. The second-order valence-corrected chi connectivity index (χ2v) is 4.46. The predicted octanol–water partition coefficient (Wildman–Crippen LogP) is 2.91. The molecule has 4 nitrogen and oxygen atoms in total. The third-order valence-electron chi connectivity index (χ3n) is 3.10. The zero-order chi connectivity index (χ0) is 13.9. The molecule has 104 valence electrons. The molecule has 2 aromatic carbocycles. The SMILES string of the molecule is Oc1c(F)cccc1CNc1ccc2c(c1)OCCO2. The molecule has 0 spiro atoms. The van der Waals surface area contributed by atoms with Gasteiger partial charge in [-0.15, -0.1) is 0 Å². The van der Waals surface area contributed by atoms with Gasteiger partial charge in [0, 0.05) is 23.9 Å². The van der Waals surface area contributed by atoms with Crippen molar-refractivity contribution >= 4 is 5.69 Å². The number of ether oxygens (including phenoxy) is 2. The van der Waals surface area contributed by atoms with Crippen LogP contribution in [0.25, 0.3) is 0 Å². The molecule has 1 heterocycles. The Morgan fingerprint density at radius 2 is 1.90 bits per heavy atom. The van der Waals surface area contributed by atoms with Crippen molar-refractivity contribution in [3.8, 4) is 17.2 Å². The summed E-state index contributed by atoms with van der Waals surface area (Å²) in [6.07, 6.45) is 0. The zero-order valence-electron chi connectivity index (χ0n) is 10.7. The number of hydrogen-bond donors (Lipinski definition) is 2. The van der Waals surface area contributed by atoms with Crippen molar-refractivity contribution in [3.05, 3.63) is 47.8 Å². The summed E-state index contributed by atoms with van der Waals surface area (Å²) in [6.45, 7) is 1.40. The van der Waals surface area contributed by atoms with Crippen molar-refractivity contribution in [2.75, 3.05) is 18.5 Å². The average molecular weight is 275 g/mol. The smallest absolute Gasteiger partial charge is 0.165 e. The van der Waals surface area contributed by atoms with Gasteiger partial charge in [-0.3, -0.25) is 0 Å². The van der Waals surface area contributed by atoms with Crippen LogP contribution in [0.4, 0.5) is 10.1 Å². The van der Waals surface area contributed by atoms with Gasteiger partial charge in [-0.2, -0.15) is 0 Å². The summed E-state index contributed by atoms with van der Waals surface area (Å²) in [6, 6.07) is 9.96.